The third kappa shape index (κ3) is 3.64. The van der Waals surface area contributed by atoms with E-state index in [4.69, 9.17) is 0 Å². The van der Waals surface area contributed by atoms with E-state index in [1.54, 1.807) is 24.3 Å². The Morgan fingerprint density at radius 2 is 1.71 bits per heavy atom. The van der Waals surface area contributed by atoms with Crippen molar-refractivity contribution < 1.29 is 13.6 Å². The Morgan fingerprint density at radius 3 is 2.21 bits per heavy atom. The molecule has 0 aromatic heterocycles. The van der Waals surface area contributed by atoms with E-state index in [9.17, 15) is 13.6 Å². The molecule has 0 atom stereocenters. The van der Waals surface area contributed by atoms with Gasteiger partial charge in [0.15, 0.2) is 0 Å². The lowest BCUT2D eigenvalue weighted by Crippen LogP contribution is -1.96. The zero-order valence-electron chi connectivity index (χ0n) is 7.75. The predicted octanol–water partition coefficient (Wildman–Crippen LogP) is 2.63. The van der Waals surface area contributed by atoms with Crippen LogP contribution < -0.4 is 0 Å². The van der Waals surface area contributed by atoms with Crippen LogP contribution in [0.4, 0.5) is 8.78 Å². The lowest BCUT2D eigenvalue weighted by Gasteiger charge is -2.02. The highest BCUT2D eigenvalue weighted by molar-refractivity contribution is 5.50. The zero-order chi connectivity index (χ0) is 10.4. The van der Waals surface area contributed by atoms with E-state index in [2.05, 4.69) is 0 Å². The maximum Gasteiger partial charge on any atom is 0.242 e. The Morgan fingerprint density at radius 1 is 1.14 bits per heavy atom. The molecule has 0 radical (unpaired) electrons. The van der Waals surface area contributed by atoms with Crippen LogP contribution in [0.3, 0.4) is 0 Å². The van der Waals surface area contributed by atoms with Crippen molar-refractivity contribution >= 4 is 6.29 Å². The number of halogens is 2. The minimum absolute atomic E-state index is 0.200. The molecule has 1 rings (SSSR count). The van der Waals surface area contributed by atoms with Crippen molar-refractivity contribution in [1.29, 1.82) is 0 Å². The van der Waals surface area contributed by atoms with Crippen molar-refractivity contribution in [3.05, 3.63) is 35.4 Å². The van der Waals surface area contributed by atoms with Gasteiger partial charge < -0.3 is 4.79 Å². The highest BCUT2D eigenvalue weighted by atomic mass is 19.3. The summed E-state index contributed by atoms with van der Waals surface area (Å²) in [6.07, 6.45) is -0.482. The van der Waals surface area contributed by atoms with E-state index < -0.39 is 6.43 Å². The number of rotatable bonds is 5. The molecule has 3 heteroatoms. The lowest BCUT2D eigenvalue weighted by atomic mass is 10.1. The predicted molar refractivity (Wildman–Crippen MR) is 50.5 cm³/mol. The number of carbonyl (C=O) groups excluding carboxylic acids is 1. The van der Waals surface area contributed by atoms with Crippen molar-refractivity contribution in [2.24, 2.45) is 0 Å². The summed E-state index contributed by atoms with van der Waals surface area (Å²) in [6.45, 7) is 0. The van der Waals surface area contributed by atoms with Gasteiger partial charge in [-0.15, -0.1) is 0 Å². The average Bonchev–Trinajstić information content (AvgIpc) is 2.16. The molecular formula is C11H12F2O. The molecule has 0 saturated carbocycles. The molecule has 14 heavy (non-hydrogen) atoms. The quantitative estimate of drug-likeness (QED) is 0.665. The Kier molecular flexibility index (Phi) is 4.23. The molecule has 0 unspecified atom stereocenters. The fraction of sp³-hybridized carbons (Fsp3) is 0.364. The highest BCUT2D eigenvalue weighted by Gasteiger charge is 2.03. The zero-order valence-corrected chi connectivity index (χ0v) is 7.75. The van der Waals surface area contributed by atoms with Gasteiger partial charge in [-0.25, -0.2) is 8.78 Å². The van der Waals surface area contributed by atoms with Gasteiger partial charge in [0.2, 0.25) is 6.43 Å². The fourth-order valence-electron chi connectivity index (χ4n) is 1.25. The number of carbonyl (C=O) groups is 1. The molecule has 1 nitrogen and oxygen atoms in total. The standard InChI is InChI=1S/C11H12F2O/c12-11(13)8-10-5-3-9(4-6-10)2-1-7-14/h3-7,11H,1-2,8H2. The molecule has 1 aromatic rings. The molecule has 1 aromatic carbocycles. The lowest BCUT2D eigenvalue weighted by molar-refractivity contribution is -0.107. The van der Waals surface area contributed by atoms with Crippen LogP contribution in [0.5, 0.6) is 0 Å². The molecule has 0 aliphatic rings. The van der Waals surface area contributed by atoms with Crippen LogP contribution in [0.25, 0.3) is 0 Å². The minimum Gasteiger partial charge on any atom is -0.303 e. The molecule has 76 valence electrons. The first kappa shape index (κ1) is 10.8. The van der Waals surface area contributed by atoms with Crippen molar-refractivity contribution in [3.8, 4) is 0 Å². The monoisotopic (exact) mass is 198 g/mol. The first-order valence-electron chi connectivity index (χ1n) is 4.52. The summed E-state index contributed by atoms with van der Waals surface area (Å²) in [5.41, 5.74) is 1.64. The minimum atomic E-state index is -2.30. The number of aryl methyl sites for hydroxylation is 1. The van der Waals surface area contributed by atoms with Crippen LogP contribution in [0.1, 0.15) is 17.5 Å². The largest absolute Gasteiger partial charge is 0.303 e. The maximum atomic E-state index is 12.0. The first-order chi connectivity index (χ1) is 6.72. The number of hydrogen-bond acceptors (Lipinski definition) is 1. The summed E-state index contributed by atoms with van der Waals surface area (Å²) in [5.74, 6) is 0. The summed E-state index contributed by atoms with van der Waals surface area (Å²) in [7, 11) is 0. The Labute approximate surface area is 81.7 Å². The van der Waals surface area contributed by atoms with Crippen LogP contribution in [-0.4, -0.2) is 12.7 Å². The Bertz CT molecular complexity index is 280. The van der Waals surface area contributed by atoms with Gasteiger partial charge in [0, 0.05) is 12.8 Å². The Balaban J connectivity index is 2.54. The second-order valence-electron chi connectivity index (χ2n) is 3.12. The normalized spacial score (nSPS) is 10.5. The summed E-state index contributed by atoms with van der Waals surface area (Å²) in [5, 5.41) is 0. The maximum absolute atomic E-state index is 12.0. The molecule has 0 saturated heterocycles. The van der Waals surface area contributed by atoms with Crippen LogP contribution in [0, 0.1) is 0 Å². The van der Waals surface area contributed by atoms with Gasteiger partial charge in [-0.05, 0) is 17.5 Å². The van der Waals surface area contributed by atoms with Crippen molar-refractivity contribution in [3.63, 3.8) is 0 Å². The van der Waals surface area contributed by atoms with Crippen LogP contribution >= 0.6 is 0 Å². The summed E-state index contributed by atoms with van der Waals surface area (Å²) < 4.78 is 24.0. The molecule has 0 aliphatic carbocycles. The second kappa shape index (κ2) is 5.47. The average molecular weight is 198 g/mol. The number of hydrogen-bond donors (Lipinski definition) is 0. The molecule has 0 aliphatic heterocycles. The van der Waals surface area contributed by atoms with Crippen LogP contribution in [-0.2, 0) is 17.6 Å². The van der Waals surface area contributed by atoms with Gasteiger partial charge in [0.25, 0.3) is 0 Å². The van der Waals surface area contributed by atoms with Gasteiger partial charge in [-0.3, -0.25) is 0 Å². The van der Waals surface area contributed by atoms with Gasteiger partial charge >= 0.3 is 0 Å². The smallest absolute Gasteiger partial charge is 0.242 e. The van der Waals surface area contributed by atoms with E-state index in [0.29, 0.717) is 18.4 Å². The summed E-state index contributed by atoms with van der Waals surface area (Å²) in [4.78, 5) is 10.1. The molecule has 0 spiro atoms. The number of aldehydes is 1. The molecule has 0 fully saturated rings. The van der Waals surface area contributed by atoms with E-state index in [1.807, 2.05) is 0 Å². The van der Waals surface area contributed by atoms with Crippen molar-refractivity contribution in [1.82, 2.24) is 0 Å². The fourth-order valence-corrected chi connectivity index (χ4v) is 1.25. The summed E-state index contributed by atoms with van der Waals surface area (Å²) >= 11 is 0. The first-order valence-corrected chi connectivity index (χ1v) is 4.52. The molecule has 0 N–H and O–H groups in total. The van der Waals surface area contributed by atoms with Gasteiger partial charge in [-0.2, -0.15) is 0 Å². The summed E-state index contributed by atoms with van der Waals surface area (Å²) in [6, 6.07) is 6.96. The van der Waals surface area contributed by atoms with Crippen molar-refractivity contribution in [2.45, 2.75) is 25.7 Å². The van der Waals surface area contributed by atoms with Crippen LogP contribution in [0.2, 0.25) is 0 Å². The molecule has 0 bridgehead atoms. The van der Waals surface area contributed by atoms with Gasteiger partial charge in [0.1, 0.15) is 6.29 Å². The molecular weight excluding hydrogens is 186 g/mol. The molecule has 0 amide bonds. The topological polar surface area (TPSA) is 17.1 Å². The SMILES string of the molecule is O=CCCc1ccc(CC(F)F)cc1. The van der Waals surface area contributed by atoms with E-state index in [1.165, 1.54) is 0 Å². The van der Waals surface area contributed by atoms with Gasteiger partial charge in [-0.1, -0.05) is 24.3 Å². The van der Waals surface area contributed by atoms with Crippen LogP contribution in [0.15, 0.2) is 24.3 Å². The Hall–Kier alpha value is -1.25. The molecule has 0 heterocycles. The highest BCUT2D eigenvalue weighted by Crippen LogP contribution is 2.10. The number of alkyl halides is 2. The van der Waals surface area contributed by atoms with E-state index in [0.717, 1.165) is 11.8 Å². The number of benzene rings is 1. The van der Waals surface area contributed by atoms with Gasteiger partial charge in [0.05, 0.1) is 0 Å². The van der Waals surface area contributed by atoms with E-state index >= 15 is 0 Å². The van der Waals surface area contributed by atoms with E-state index in [-0.39, 0.29) is 6.42 Å². The second-order valence-corrected chi connectivity index (χ2v) is 3.12. The van der Waals surface area contributed by atoms with Crippen molar-refractivity contribution in [2.75, 3.05) is 0 Å². The third-order valence-corrected chi connectivity index (χ3v) is 1.96. The third-order valence-electron chi connectivity index (χ3n) is 1.96.